The van der Waals surface area contributed by atoms with Crippen LogP contribution in [0.1, 0.15) is 5.56 Å². The van der Waals surface area contributed by atoms with Crippen molar-refractivity contribution in [3.05, 3.63) is 61.2 Å². The summed E-state index contributed by atoms with van der Waals surface area (Å²) in [4.78, 5) is 7.83. The van der Waals surface area contributed by atoms with E-state index >= 15 is 0 Å². The Bertz CT molecular complexity index is 440. The van der Waals surface area contributed by atoms with E-state index in [0.717, 1.165) is 11.3 Å². The minimum absolute atomic E-state index is 0.601. The third-order valence-electron chi connectivity index (χ3n) is 1.89. The first-order valence-corrected chi connectivity index (χ1v) is 4.53. The van der Waals surface area contributed by atoms with Crippen LogP contribution >= 0.6 is 0 Å². The van der Waals surface area contributed by atoms with E-state index in [0.29, 0.717) is 5.76 Å². The monoisotopic (exact) mass is 198 g/mol. The molecule has 2 heterocycles. The lowest BCUT2D eigenvalue weighted by Crippen LogP contribution is -1.93. The van der Waals surface area contributed by atoms with Crippen LogP contribution in [0.15, 0.2) is 55.6 Å². The predicted molar refractivity (Wildman–Crippen MR) is 58.1 cm³/mol. The Kier molecular flexibility index (Phi) is 2.74. The molecule has 0 aliphatic heterocycles. The van der Waals surface area contributed by atoms with E-state index in [2.05, 4.69) is 16.5 Å². The average molecular weight is 198 g/mol. The molecule has 0 amide bonds. The fourth-order valence-corrected chi connectivity index (χ4v) is 1.15. The van der Waals surface area contributed by atoms with Crippen molar-refractivity contribution in [2.45, 2.75) is 0 Å². The van der Waals surface area contributed by atoms with Gasteiger partial charge in [0.1, 0.15) is 11.5 Å². The second-order valence-corrected chi connectivity index (χ2v) is 2.94. The molecule has 15 heavy (non-hydrogen) atoms. The topological polar surface area (TPSA) is 35.0 Å². The van der Waals surface area contributed by atoms with Crippen LogP contribution in [0.2, 0.25) is 0 Å². The lowest BCUT2D eigenvalue weighted by atomic mass is 10.2. The third-order valence-corrected chi connectivity index (χ3v) is 1.89. The Morgan fingerprint density at radius 3 is 2.07 bits per heavy atom. The van der Waals surface area contributed by atoms with Gasteiger partial charge in [-0.2, -0.15) is 0 Å². The van der Waals surface area contributed by atoms with Crippen LogP contribution in [-0.2, 0) is 0 Å². The summed E-state index contributed by atoms with van der Waals surface area (Å²) in [6.45, 7) is 3.85. The zero-order valence-electron chi connectivity index (χ0n) is 8.13. The van der Waals surface area contributed by atoms with Crippen molar-refractivity contribution in [2.75, 3.05) is 0 Å². The molecule has 0 aromatic carbocycles. The number of rotatable bonds is 3. The van der Waals surface area contributed by atoms with Gasteiger partial charge in [-0.15, -0.1) is 0 Å². The Morgan fingerprint density at radius 1 is 0.933 bits per heavy atom. The number of nitrogens with zero attached hydrogens (tertiary/aromatic N) is 2. The minimum Gasteiger partial charge on any atom is -0.457 e. The molecule has 0 unspecified atom stereocenters. The van der Waals surface area contributed by atoms with Crippen molar-refractivity contribution in [3.8, 4) is 5.75 Å². The molecule has 74 valence electrons. The maximum Gasteiger partial charge on any atom is 0.130 e. The molecule has 0 radical (unpaired) electrons. The normalized spacial score (nSPS) is 9.60. The molecule has 3 heteroatoms. The summed E-state index contributed by atoms with van der Waals surface area (Å²) in [5.41, 5.74) is 0.918. The first-order chi connectivity index (χ1) is 7.36. The van der Waals surface area contributed by atoms with Gasteiger partial charge in [0.25, 0.3) is 0 Å². The van der Waals surface area contributed by atoms with Gasteiger partial charge >= 0.3 is 0 Å². The summed E-state index contributed by atoms with van der Waals surface area (Å²) >= 11 is 0. The molecular weight excluding hydrogens is 188 g/mol. The zero-order valence-corrected chi connectivity index (χ0v) is 8.13. The minimum atomic E-state index is 0.601. The number of hydrogen-bond donors (Lipinski definition) is 0. The van der Waals surface area contributed by atoms with E-state index in [1.807, 2.05) is 12.1 Å². The number of hydrogen-bond acceptors (Lipinski definition) is 3. The van der Waals surface area contributed by atoms with Gasteiger partial charge in [0.05, 0.1) is 0 Å². The van der Waals surface area contributed by atoms with Crippen molar-refractivity contribution in [1.82, 2.24) is 9.97 Å². The predicted octanol–water partition coefficient (Wildman–Crippen LogP) is 2.53. The van der Waals surface area contributed by atoms with Crippen LogP contribution in [0.3, 0.4) is 0 Å². The van der Waals surface area contributed by atoms with Gasteiger partial charge in [0, 0.05) is 30.4 Å². The second-order valence-electron chi connectivity index (χ2n) is 2.94. The summed E-state index contributed by atoms with van der Waals surface area (Å²) in [5.74, 6) is 1.33. The SMILES string of the molecule is C=C(Oc1ccncc1)c1ccncc1. The summed E-state index contributed by atoms with van der Waals surface area (Å²) < 4.78 is 5.54. The van der Waals surface area contributed by atoms with Crippen LogP contribution in [0, 0.1) is 0 Å². The third kappa shape index (κ3) is 2.40. The van der Waals surface area contributed by atoms with Crippen LogP contribution in [-0.4, -0.2) is 9.97 Å². The van der Waals surface area contributed by atoms with Gasteiger partial charge in [-0.25, -0.2) is 0 Å². The Hall–Kier alpha value is -2.16. The van der Waals surface area contributed by atoms with Crippen LogP contribution in [0.5, 0.6) is 5.75 Å². The molecule has 0 saturated heterocycles. The highest BCUT2D eigenvalue weighted by molar-refractivity contribution is 5.58. The van der Waals surface area contributed by atoms with Gasteiger partial charge in [0.15, 0.2) is 0 Å². The zero-order chi connectivity index (χ0) is 10.5. The second kappa shape index (κ2) is 4.37. The van der Waals surface area contributed by atoms with Crippen molar-refractivity contribution in [1.29, 1.82) is 0 Å². The summed E-state index contributed by atoms with van der Waals surface area (Å²) in [5, 5.41) is 0. The summed E-state index contributed by atoms with van der Waals surface area (Å²) in [6, 6.07) is 7.27. The maximum atomic E-state index is 5.54. The molecule has 3 nitrogen and oxygen atoms in total. The van der Waals surface area contributed by atoms with Gasteiger partial charge in [-0.05, 0) is 24.3 Å². The molecule has 0 N–H and O–H groups in total. The van der Waals surface area contributed by atoms with Crippen LogP contribution in [0.4, 0.5) is 0 Å². The Balaban J connectivity index is 2.12. The highest BCUT2D eigenvalue weighted by Gasteiger charge is 2.00. The maximum absolute atomic E-state index is 5.54. The van der Waals surface area contributed by atoms with E-state index in [4.69, 9.17) is 4.74 Å². The molecule has 0 spiro atoms. The van der Waals surface area contributed by atoms with Crippen LogP contribution < -0.4 is 4.74 Å². The first kappa shape index (κ1) is 9.40. The quantitative estimate of drug-likeness (QED) is 0.711. The van der Waals surface area contributed by atoms with E-state index in [1.165, 1.54) is 0 Å². The molecule has 0 atom stereocenters. The van der Waals surface area contributed by atoms with Gasteiger partial charge < -0.3 is 4.74 Å². The summed E-state index contributed by atoms with van der Waals surface area (Å²) in [7, 11) is 0. The van der Waals surface area contributed by atoms with E-state index in [-0.39, 0.29) is 0 Å². The van der Waals surface area contributed by atoms with Crippen molar-refractivity contribution < 1.29 is 4.74 Å². The van der Waals surface area contributed by atoms with Gasteiger partial charge in [-0.3, -0.25) is 9.97 Å². The van der Waals surface area contributed by atoms with E-state index in [9.17, 15) is 0 Å². The van der Waals surface area contributed by atoms with Crippen molar-refractivity contribution in [2.24, 2.45) is 0 Å². The lowest BCUT2D eigenvalue weighted by Gasteiger charge is -2.07. The smallest absolute Gasteiger partial charge is 0.130 e. The molecule has 0 aliphatic carbocycles. The molecule has 2 aromatic rings. The molecule has 0 bridgehead atoms. The van der Waals surface area contributed by atoms with Crippen LogP contribution in [0.25, 0.3) is 5.76 Å². The molecule has 0 aliphatic rings. The number of ether oxygens (including phenoxy) is 1. The molecule has 2 aromatic heterocycles. The fraction of sp³-hybridized carbons (Fsp3) is 0. The average Bonchev–Trinajstić information content (AvgIpc) is 2.31. The van der Waals surface area contributed by atoms with E-state index in [1.54, 1.807) is 36.9 Å². The highest BCUT2D eigenvalue weighted by Crippen LogP contribution is 2.17. The molecule has 0 saturated carbocycles. The fourth-order valence-electron chi connectivity index (χ4n) is 1.15. The van der Waals surface area contributed by atoms with Crippen molar-refractivity contribution in [3.63, 3.8) is 0 Å². The van der Waals surface area contributed by atoms with Gasteiger partial charge in [-0.1, -0.05) is 6.58 Å². The lowest BCUT2D eigenvalue weighted by molar-refractivity contribution is 0.516. The summed E-state index contributed by atoms with van der Waals surface area (Å²) in [6.07, 6.45) is 6.76. The Morgan fingerprint density at radius 2 is 1.47 bits per heavy atom. The molecule has 0 fully saturated rings. The highest BCUT2D eigenvalue weighted by atomic mass is 16.5. The largest absolute Gasteiger partial charge is 0.457 e. The standard InChI is InChI=1S/C12H10N2O/c1-10(11-2-6-13-7-3-11)15-12-4-8-14-9-5-12/h2-9H,1H2. The number of aromatic nitrogens is 2. The van der Waals surface area contributed by atoms with Gasteiger partial charge in [0.2, 0.25) is 0 Å². The van der Waals surface area contributed by atoms with Crippen molar-refractivity contribution >= 4 is 5.76 Å². The molecular formula is C12H10N2O. The van der Waals surface area contributed by atoms with E-state index < -0.39 is 0 Å². The molecule has 2 rings (SSSR count). The Labute approximate surface area is 88.1 Å². The first-order valence-electron chi connectivity index (χ1n) is 4.53. The number of pyridine rings is 2.